The van der Waals surface area contributed by atoms with Gasteiger partial charge in [0.15, 0.2) is 5.78 Å². The molecule has 0 saturated heterocycles. The van der Waals surface area contributed by atoms with Gasteiger partial charge >= 0.3 is 20.4 Å². The monoisotopic (exact) mass is 616 g/mol. The van der Waals surface area contributed by atoms with E-state index < -0.39 is 0 Å². The quantitative estimate of drug-likeness (QED) is 0.107. The first kappa shape index (κ1) is 33.7. The van der Waals surface area contributed by atoms with E-state index in [4.69, 9.17) is 0 Å². The molecule has 4 aromatic rings. The maximum atomic E-state index is 12.0. The molecule has 4 rings (SSSR count). The van der Waals surface area contributed by atoms with E-state index in [1.54, 1.807) is 18.2 Å². The molecule has 4 aromatic carbocycles. The molecule has 0 radical (unpaired) electrons. The summed E-state index contributed by atoms with van der Waals surface area (Å²) >= 11 is 0. The van der Waals surface area contributed by atoms with Crippen LogP contribution in [0.1, 0.15) is 29.2 Å². The van der Waals surface area contributed by atoms with Crippen LogP contribution in [0.3, 0.4) is 0 Å². The largest absolute Gasteiger partial charge is 2.00 e. The number of ketones is 2. The van der Waals surface area contributed by atoms with Crippen molar-refractivity contribution < 1.29 is 30.0 Å². The molecule has 204 valence electrons. The minimum atomic E-state index is -0.0114. The van der Waals surface area contributed by atoms with Gasteiger partial charge in [-0.2, -0.15) is 12.2 Å². The minimum absolute atomic E-state index is 0. The fraction of sp³-hybridized carbons (Fsp3) is 0.0270. The third kappa shape index (κ3) is 13.5. The second kappa shape index (κ2) is 19.7. The fourth-order valence-electron chi connectivity index (χ4n) is 3.28. The average molecular weight is 617 g/mol. The van der Waals surface area contributed by atoms with Crippen molar-refractivity contribution >= 4 is 35.9 Å². The molecule has 0 atom stereocenters. The van der Waals surface area contributed by atoms with Crippen LogP contribution in [-0.2, 0) is 30.0 Å². The summed E-state index contributed by atoms with van der Waals surface area (Å²) < 4.78 is 0. The molecule has 0 amide bonds. The first-order chi connectivity index (χ1) is 18.6. The molecule has 0 heterocycles. The van der Waals surface area contributed by atoms with Gasteiger partial charge in [-0.15, -0.1) is 18.1 Å². The van der Waals surface area contributed by atoms with Crippen molar-refractivity contribution in [2.75, 3.05) is 0 Å². The van der Waals surface area contributed by atoms with Gasteiger partial charge in [-0.3, -0.25) is 4.79 Å². The van der Waals surface area contributed by atoms with Gasteiger partial charge in [0.05, 0.1) is 5.78 Å². The van der Waals surface area contributed by atoms with Crippen molar-refractivity contribution in [1.29, 1.82) is 0 Å². The van der Waals surface area contributed by atoms with Crippen LogP contribution in [0.15, 0.2) is 146 Å². The maximum absolute atomic E-state index is 12.0. The summed E-state index contributed by atoms with van der Waals surface area (Å²) in [6.07, 6.45) is 14.0. The Morgan fingerprint density at radius 1 is 0.500 bits per heavy atom. The summed E-state index contributed by atoms with van der Waals surface area (Å²) in [5, 5.41) is 0. The van der Waals surface area contributed by atoms with Crippen LogP contribution in [0.4, 0.5) is 0 Å². The van der Waals surface area contributed by atoms with Crippen LogP contribution in [0, 0.1) is 13.3 Å². The Bertz CT molecular complexity index is 1320. The first-order valence-electron chi connectivity index (χ1n) is 12.4. The summed E-state index contributed by atoms with van der Waals surface area (Å²) in [4.78, 5) is 23.6. The van der Waals surface area contributed by atoms with Gasteiger partial charge in [-0.25, -0.2) is 0 Å². The normalized spacial score (nSPS) is 10.5. The second-order valence-corrected chi connectivity index (χ2v) is 8.43. The first-order valence-corrected chi connectivity index (χ1v) is 12.4. The predicted octanol–water partition coefficient (Wildman–Crippen LogP) is 9.01. The molecule has 0 N–H and O–H groups in total. The Balaban J connectivity index is 0.000000383. The van der Waals surface area contributed by atoms with Crippen LogP contribution >= 0.6 is 0 Å². The number of carbonyl (C=O) groups is 2. The molecule has 0 aliphatic heterocycles. The van der Waals surface area contributed by atoms with Crippen molar-refractivity contribution in [3.8, 4) is 0 Å². The Kier molecular flexibility index (Phi) is 16.6. The summed E-state index contributed by atoms with van der Waals surface area (Å²) in [5.41, 5.74) is 4.17. The van der Waals surface area contributed by atoms with E-state index in [0.717, 1.165) is 28.2 Å². The third-order valence-corrected chi connectivity index (χ3v) is 5.42. The number of hydrogen-bond acceptors (Lipinski definition) is 2. The van der Waals surface area contributed by atoms with Gasteiger partial charge in [-0.05, 0) is 28.8 Å². The standard InChI is InChI=1S/C19H17O.C17H14O.CH3.Pd/c1-16(12-13-17-8-4-2-5-9-17)19(20)15-14-18-10-6-3-7-11-18;18-17(13-11-15-7-3-1-4-8-15)14-12-16-9-5-2-6-10-16;;/h2-15H,1H3;1-14H;1H3;/q-1;;-1;+2/b13-12+,15-14+;13-11+,14-12+;;. The predicted molar refractivity (Wildman–Crippen MR) is 167 cm³/mol. The zero-order valence-electron chi connectivity index (χ0n) is 22.8. The van der Waals surface area contributed by atoms with Gasteiger partial charge in [0.25, 0.3) is 0 Å². The molecule has 0 spiro atoms. The number of rotatable bonds is 9. The van der Waals surface area contributed by atoms with E-state index in [2.05, 4.69) is 0 Å². The molecule has 3 heteroatoms. The number of benzene rings is 4. The zero-order chi connectivity index (χ0) is 26.8. The topological polar surface area (TPSA) is 34.1 Å². The molecule has 40 heavy (non-hydrogen) atoms. The van der Waals surface area contributed by atoms with Gasteiger partial charge in [0.1, 0.15) is 0 Å². The molecular formula is C37H34O2Pd. The number of allylic oxidation sites excluding steroid dienone is 4. The van der Waals surface area contributed by atoms with Crippen molar-refractivity contribution in [3.05, 3.63) is 181 Å². The summed E-state index contributed by atoms with van der Waals surface area (Å²) in [7, 11) is 0. The van der Waals surface area contributed by atoms with E-state index in [1.807, 2.05) is 159 Å². The molecule has 2 nitrogen and oxygen atoms in total. The van der Waals surface area contributed by atoms with Gasteiger partial charge in [0, 0.05) is 0 Å². The number of hydrogen-bond donors (Lipinski definition) is 0. The second-order valence-electron chi connectivity index (χ2n) is 8.43. The molecule has 0 aromatic heterocycles. The fourth-order valence-corrected chi connectivity index (χ4v) is 3.28. The molecular weight excluding hydrogens is 583 g/mol. The van der Waals surface area contributed by atoms with E-state index in [-0.39, 0.29) is 39.4 Å². The van der Waals surface area contributed by atoms with Crippen LogP contribution < -0.4 is 0 Å². The van der Waals surface area contributed by atoms with Crippen molar-refractivity contribution in [1.82, 2.24) is 0 Å². The van der Waals surface area contributed by atoms with Gasteiger partial charge in [-0.1, -0.05) is 146 Å². The van der Waals surface area contributed by atoms with E-state index >= 15 is 0 Å². The Labute approximate surface area is 253 Å². The van der Waals surface area contributed by atoms with Crippen molar-refractivity contribution in [3.63, 3.8) is 0 Å². The van der Waals surface area contributed by atoms with E-state index in [9.17, 15) is 9.59 Å². The molecule has 0 aliphatic carbocycles. The van der Waals surface area contributed by atoms with Crippen molar-refractivity contribution in [2.45, 2.75) is 6.92 Å². The number of carbonyl (C=O) groups excluding carboxylic acids is 2. The third-order valence-electron chi connectivity index (χ3n) is 5.42. The minimum Gasteiger partial charge on any atom is -0.358 e. The van der Waals surface area contributed by atoms with Crippen LogP contribution in [0.2, 0.25) is 0 Å². The Morgan fingerprint density at radius 3 is 1.15 bits per heavy atom. The summed E-state index contributed by atoms with van der Waals surface area (Å²) in [6, 6.07) is 39.3. The zero-order valence-corrected chi connectivity index (χ0v) is 24.4. The molecule has 0 aliphatic rings. The van der Waals surface area contributed by atoms with Gasteiger partial charge in [0.2, 0.25) is 0 Å². The van der Waals surface area contributed by atoms with Crippen LogP contribution in [-0.4, -0.2) is 11.6 Å². The summed E-state index contributed by atoms with van der Waals surface area (Å²) in [6.45, 7) is 1.83. The van der Waals surface area contributed by atoms with E-state index in [0.29, 0.717) is 0 Å². The van der Waals surface area contributed by atoms with E-state index in [1.165, 1.54) is 0 Å². The van der Waals surface area contributed by atoms with Crippen LogP contribution in [0.25, 0.3) is 24.3 Å². The van der Waals surface area contributed by atoms with Crippen LogP contribution in [0.5, 0.6) is 0 Å². The Morgan fingerprint density at radius 2 is 0.800 bits per heavy atom. The van der Waals surface area contributed by atoms with Gasteiger partial charge < -0.3 is 12.2 Å². The smallest absolute Gasteiger partial charge is 0.358 e. The Hall–Kier alpha value is -4.29. The average Bonchev–Trinajstić information content (AvgIpc) is 2.99. The molecule has 0 saturated carbocycles. The van der Waals surface area contributed by atoms with Crippen molar-refractivity contribution in [2.24, 2.45) is 0 Å². The summed E-state index contributed by atoms with van der Waals surface area (Å²) in [5.74, 6) is 0.741. The SMILES string of the molecule is C[C-](/C=C/c1ccccc1)C(=O)/C=C/c1ccccc1.O=C(/C=C/c1ccccc1)/C=C/c1ccccc1.[CH3-].[Pd+2]. The molecule has 0 fully saturated rings. The maximum Gasteiger partial charge on any atom is 2.00 e. The molecule has 0 unspecified atom stereocenters. The molecule has 0 bridgehead atoms.